The number of likely N-dealkylation sites (N-methyl/N-ethyl adjacent to an activating group) is 2. The highest BCUT2D eigenvalue weighted by atomic mass is 16.4. The van der Waals surface area contributed by atoms with Gasteiger partial charge in [0.1, 0.15) is 0 Å². The summed E-state index contributed by atoms with van der Waals surface area (Å²) in [4.78, 5) is 26.5. The maximum atomic E-state index is 11.5. The Morgan fingerprint density at radius 3 is 2.63 bits per heavy atom. The van der Waals surface area contributed by atoms with Gasteiger partial charge in [0.15, 0.2) is 6.04 Å². The Bertz CT molecular complexity index is 326. The second-order valence-electron chi connectivity index (χ2n) is 4.82. The highest BCUT2D eigenvalue weighted by Crippen LogP contribution is 2.04. The van der Waals surface area contributed by atoms with Gasteiger partial charge in [-0.3, -0.25) is 4.90 Å². The number of carboxylic acid groups (broad SMARTS) is 1. The fourth-order valence-electron chi connectivity index (χ4n) is 1.93. The third-order valence-electron chi connectivity index (χ3n) is 3.26. The molecule has 0 aliphatic carbocycles. The number of nitrogens with one attached hydrogen (secondary N) is 2. The molecule has 2 amide bonds. The van der Waals surface area contributed by atoms with Gasteiger partial charge in [-0.25, -0.2) is 9.59 Å². The molecule has 1 unspecified atom stereocenters. The molecule has 4 N–H and O–H groups in total. The van der Waals surface area contributed by atoms with Gasteiger partial charge in [0.2, 0.25) is 0 Å². The molecule has 19 heavy (non-hydrogen) atoms. The van der Waals surface area contributed by atoms with Gasteiger partial charge >= 0.3 is 12.0 Å². The smallest absolute Gasteiger partial charge is 0.328 e. The summed E-state index contributed by atoms with van der Waals surface area (Å²) < 4.78 is 0. The Kier molecular flexibility index (Phi) is 6.00. The van der Waals surface area contributed by atoms with E-state index in [-0.39, 0.29) is 6.04 Å². The van der Waals surface area contributed by atoms with E-state index in [0.29, 0.717) is 6.54 Å². The van der Waals surface area contributed by atoms with Crippen molar-refractivity contribution >= 4 is 12.0 Å². The second-order valence-corrected chi connectivity index (χ2v) is 4.82. The van der Waals surface area contributed by atoms with Crippen LogP contribution in [0.4, 0.5) is 4.79 Å². The number of hydrogen-bond acceptors (Lipinski definition) is 5. The summed E-state index contributed by atoms with van der Waals surface area (Å²) in [5, 5.41) is 22.3. The molecule has 0 spiro atoms. The molecular formula is C11H22N4O4. The standard InChI is InChI=1S/C11H22N4O4/c1-14-3-4-15(2)8(6-14)5-12-11(19)13-9(7-16)10(17)18/h8-9,16H,3-7H2,1-2H3,(H,17,18)(H2,12,13,19)/t8?,9-/m0/s1. The van der Waals surface area contributed by atoms with Crippen LogP contribution < -0.4 is 10.6 Å². The van der Waals surface area contributed by atoms with Crippen LogP contribution in [0.15, 0.2) is 0 Å². The summed E-state index contributed by atoms with van der Waals surface area (Å²) >= 11 is 0. The first-order valence-corrected chi connectivity index (χ1v) is 6.21. The molecule has 1 saturated heterocycles. The monoisotopic (exact) mass is 274 g/mol. The number of aliphatic hydroxyl groups excluding tert-OH is 1. The number of urea groups is 1. The number of carbonyl (C=O) groups excluding carboxylic acids is 1. The lowest BCUT2D eigenvalue weighted by molar-refractivity contribution is -0.140. The lowest BCUT2D eigenvalue weighted by Gasteiger charge is -2.37. The molecule has 110 valence electrons. The molecule has 2 atom stereocenters. The summed E-state index contributed by atoms with van der Waals surface area (Å²) in [6.45, 7) is 2.57. The first-order chi connectivity index (χ1) is 8.93. The van der Waals surface area contributed by atoms with Crippen LogP contribution in [0.1, 0.15) is 0 Å². The van der Waals surface area contributed by atoms with Crippen molar-refractivity contribution in [1.29, 1.82) is 0 Å². The highest BCUT2D eigenvalue weighted by molar-refractivity contribution is 5.82. The molecule has 1 aliphatic heterocycles. The minimum Gasteiger partial charge on any atom is -0.480 e. The van der Waals surface area contributed by atoms with Crippen LogP contribution in [0.25, 0.3) is 0 Å². The average molecular weight is 274 g/mol. The van der Waals surface area contributed by atoms with Crippen molar-refractivity contribution in [2.75, 3.05) is 46.9 Å². The molecule has 8 heteroatoms. The highest BCUT2D eigenvalue weighted by Gasteiger charge is 2.23. The Morgan fingerprint density at radius 2 is 2.05 bits per heavy atom. The lowest BCUT2D eigenvalue weighted by Crippen LogP contribution is -2.56. The predicted octanol–water partition coefficient (Wildman–Crippen LogP) is -2.02. The fourth-order valence-corrected chi connectivity index (χ4v) is 1.93. The number of hydrogen-bond donors (Lipinski definition) is 4. The first-order valence-electron chi connectivity index (χ1n) is 6.21. The maximum absolute atomic E-state index is 11.5. The molecule has 0 aromatic heterocycles. The van der Waals surface area contributed by atoms with Crippen molar-refractivity contribution in [3.05, 3.63) is 0 Å². The zero-order valence-corrected chi connectivity index (χ0v) is 11.3. The van der Waals surface area contributed by atoms with Gasteiger partial charge in [0.25, 0.3) is 0 Å². The summed E-state index contributed by atoms with van der Waals surface area (Å²) in [5.74, 6) is -1.26. The van der Waals surface area contributed by atoms with E-state index in [1.54, 1.807) is 0 Å². The molecule has 0 bridgehead atoms. The van der Waals surface area contributed by atoms with Crippen molar-refractivity contribution in [3.63, 3.8) is 0 Å². The van der Waals surface area contributed by atoms with E-state index in [1.807, 2.05) is 14.1 Å². The van der Waals surface area contributed by atoms with Crippen LogP contribution in [0.2, 0.25) is 0 Å². The molecule has 0 aromatic carbocycles. The average Bonchev–Trinajstić information content (AvgIpc) is 2.36. The van der Waals surface area contributed by atoms with Gasteiger partial charge in [-0.1, -0.05) is 0 Å². The number of piperazine rings is 1. The van der Waals surface area contributed by atoms with Gasteiger partial charge in [-0.05, 0) is 14.1 Å². The third-order valence-corrected chi connectivity index (χ3v) is 3.26. The van der Waals surface area contributed by atoms with E-state index in [9.17, 15) is 9.59 Å². The number of amides is 2. The third kappa shape index (κ3) is 5.01. The predicted molar refractivity (Wildman–Crippen MR) is 69.0 cm³/mol. The number of aliphatic carboxylic acids is 1. The summed E-state index contributed by atoms with van der Waals surface area (Å²) in [7, 11) is 4.01. The van der Waals surface area contributed by atoms with Crippen molar-refractivity contribution in [2.24, 2.45) is 0 Å². The van der Waals surface area contributed by atoms with Gasteiger partial charge in [-0.15, -0.1) is 0 Å². The van der Waals surface area contributed by atoms with Crippen molar-refractivity contribution in [3.8, 4) is 0 Å². The van der Waals surface area contributed by atoms with Crippen LogP contribution >= 0.6 is 0 Å². The number of aliphatic hydroxyl groups is 1. The van der Waals surface area contributed by atoms with Gasteiger partial charge < -0.3 is 25.7 Å². The number of carbonyl (C=O) groups is 2. The Hall–Kier alpha value is -1.38. The van der Waals surface area contributed by atoms with E-state index < -0.39 is 24.6 Å². The van der Waals surface area contributed by atoms with E-state index in [1.165, 1.54) is 0 Å². The molecule has 8 nitrogen and oxygen atoms in total. The van der Waals surface area contributed by atoms with Crippen LogP contribution in [0.3, 0.4) is 0 Å². The van der Waals surface area contributed by atoms with E-state index >= 15 is 0 Å². The summed E-state index contributed by atoms with van der Waals surface area (Å²) in [6.07, 6.45) is 0. The van der Waals surface area contributed by atoms with Gasteiger partial charge in [0, 0.05) is 32.2 Å². The molecule has 0 aromatic rings. The van der Waals surface area contributed by atoms with Crippen LogP contribution in [0.5, 0.6) is 0 Å². The quantitative estimate of drug-likeness (QED) is 0.461. The number of rotatable bonds is 5. The van der Waals surface area contributed by atoms with Crippen molar-refractivity contribution in [2.45, 2.75) is 12.1 Å². The first kappa shape index (κ1) is 15.7. The zero-order chi connectivity index (χ0) is 14.4. The Balaban J connectivity index is 2.34. The zero-order valence-electron chi connectivity index (χ0n) is 11.3. The van der Waals surface area contributed by atoms with Gasteiger partial charge in [-0.2, -0.15) is 0 Å². The molecule has 0 radical (unpaired) electrons. The SMILES string of the molecule is CN1CCN(C)C(CNC(=O)N[C@@H](CO)C(=O)O)C1. The Morgan fingerprint density at radius 1 is 1.37 bits per heavy atom. The van der Waals surface area contributed by atoms with Crippen molar-refractivity contribution < 1.29 is 19.8 Å². The minimum atomic E-state index is -1.27. The summed E-state index contributed by atoms with van der Waals surface area (Å²) in [5.41, 5.74) is 0. The summed E-state index contributed by atoms with van der Waals surface area (Å²) in [6, 6.07) is -1.66. The number of nitrogens with zero attached hydrogens (tertiary/aromatic N) is 2. The molecule has 0 saturated carbocycles. The molecular weight excluding hydrogens is 252 g/mol. The fraction of sp³-hybridized carbons (Fsp3) is 0.818. The lowest BCUT2D eigenvalue weighted by atomic mass is 10.2. The number of carboxylic acids is 1. The molecule has 1 heterocycles. The largest absolute Gasteiger partial charge is 0.480 e. The van der Waals surface area contributed by atoms with E-state index in [4.69, 9.17) is 10.2 Å². The van der Waals surface area contributed by atoms with Crippen molar-refractivity contribution in [1.82, 2.24) is 20.4 Å². The van der Waals surface area contributed by atoms with Crippen LogP contribution in [0, 0.1) is 0 Å². The van der Waals surface area contributed by atoms with E-state index in [2.05, 4.69) is 20.4 Å². The Labute approximate surface area is 112 Å². The van der Waals surface area contributed by atoms with Crippen LogP contribution in [-0.2, 0) is 4.79 Å². The maximum Gasteiger partial charge on any atom is 0.328 e. The van der Waals surface area contributed by atoms with Crippen LogP contribution in [-0.4, -0.2) is 91.0 Å². The topological polar surface area (TPSA) is 105 Å². The normalized spacial score (nSPS) is 22.8. The van der Waals surface area contributed by atoms with E-state index in [0.717, 1.165) is 19.6 Å². The van der Waals surface area contributed by atoms with Gasteiger partial charge in [0.05, 0.1) is 6.61 Å². The minimum absolute atomic E-state index is 0.196. The molecule has 1 fully saturated rings. The molecule has 1 rings (SSSR count). The second kappa shape index (κ2) is 7.27. The molecule has 1 aliphatic rings.